The number of hydrogen-bond acceptors (Lipinski definition) is 3. The van der Waals surface area contributed by atoms with Crippen molar-refractivity contribution in [2.75, 3.05) is 5.32 Å². The summed E-state index contributed by atoms with van der Waals surface area (Å²) in [6, 6.07) is 2.01. The second-order valence-corrected chi connectivity index (χ2v) is 4.00. The summed E-state index contributed by atoms with van der Waals surface area (Å²) in [7, 11) is 3.87. The molecule has 0 spiro atoms. The molecule has 0 amide bonds. The van der Waals surface area contributed by atoms with Crippen LogP contribution in [0.4, 0.5) is 5.69 Å². The Morgan fingerprint density at radius 3 is 2.50 bits per heavy atom. The second kappa shape index (κ2) is 4.00. The molecule has 0 saturated carbocycles. The maximum atomic E-state index is 4.36. The number of nitrogens with zero attached hydrogens (tertiary/aromatic N) is 4. The van der Waals surface area contributed by atoms with Crippen LogP contribution in [-0.4, -0.2) is 19.6 Å². The minimum absolute atomic E-state index is 0.730. The lowest BCUT2D eigenvalue weighted by atomic mass is 10.3. The van der Waals surface area contributed by atoms with Gasteiger partial charge in [-0.05, 0) is 19.9 Å². The SMILES string of the molecule is Cc1nn(C)c(C)c1NCc1ccn(C)n1. The van der Waals surface area contributed by atoms with Crippen LogP contribution in [0.15, 0.2) is 12.3 Å². The van der Waals surface area contributed by atoms with Gasteiger partial charge in [-0.15, -0.1) is 0 Å². The third-order valence-corrected chi connectivity index (χ3v) is 2.72. The number of hydrogen-bond donors (Lipinski definition) is 1. The molecule has 2 heterocycles. The summed E-state index contributed by atoms with van der Waals surface area (Å²) in [5.41, 5.74) is 4.31. The molecule has 0 atom stereocenters. The zero-order chi connectivity index (χ0) is 11.7. The smallest absolute Gasteiger partial charge is 0.0827 e. The number of anilines is 1. The van der Waals surface area contributed by atoms with Gasteiger partial charge in [0.15, 0.2) is 0 Å². The quantitative estimate of drug-likeness (QED) is 0.848. The molecular weight excluding hydrogens is 202 g/mol. The van der Waals surface area contributed by atoms with Gasteiger partial charge >= 0.3 is 0 Å². The zero-order valence-electron chi connectivity index (χ0n) is 10.2. The Labute approximate surface area is 95.1 Å². The molecule has 0 aliphatic carbocycles. The summed E-state index contributed by atoms with van der Waals surface area (Å²) in [6.45, 7) is 4.79. The first-order chi connectivity index (χ1) is 7.58. The van der Waals surface area contributed by atoms with Crippen molar-refractivity contribution < 1.29 is 0 Å². The summed E-state index contributed by atoms with van der Waals surface area (Å²) < 4.78 is 3.69. The summed E-state index contributed by atoms with van der Waals surface area (Å²) in [4.78, 5) is 0. The summed E-state index contributed by atoms with van der Waals surface area (Å²) in [5.74, 6) is 0. The van der Waals surface area contributed by atoms with Crippen LogP contribution in [0.5, 0.6) is 0 Å². The van der Waals surface area contributed by atoms with E-state index in [1.165, 1.54) is 0 Å². The molecule has 5 nitrogen and oxygen atoms in total. The van der Waals surface area contributed by atoms with Crippen LogP contribution < -0.4 is 5.32 Å². The molecule has 0 aliphatic heterocycles. The maximum absolute atomic E-state index is 4.36. The van der Waals surface area contributed by atoms with E-state index in [1.54, 1.807) is 4.68 Å². The van der Waals surface area contributed by atoms with E-state index in [2.05, 4.69) is 22.4 Å². The van der Waals surface area contributed by atoms with Gasteiger partial charge in [0.2, 0.25) is 0 Å². The van der Waals surface area contributed by atoms with E-state index in [1.807, 2.05) is 38.0 Å². The molecule has 1 N–H and O–H groups in total. The van der Waals surface area contributed by atoms with Crippen molar-refractivity contribution >= 4 is 5.69 Å². The normalized spacial score (nSPS) is 10.8. The Morgan fingerprint density at radius 1 is 1.25 bits per heavy atom. The summed E-state index contributed by atoms with van der Waals surface area (Å²) in [6.07, 6.45) is 1.94. The average molecular weight is 219 g/mol. The number of aryl methyl sites for hydroxylation is 3. The van der Waals surface area contributed by atoms with Gasteiger partial charge in [0.25, 0.3) is 0 Å². The van der Waals surface area contributed by atoms with Gasteiger partial charge < -0.3 is 5.32 Å². The molecule has 2 rings (SSSR count). The Balaban J connectivity index is 2.10. The average Bonchev–Trinajstić information content (AvgIpc) is 2.72. The van der Waals surface area contributed by atoms with Crippen molar-refractivity contribution in [3.8, 4) is 0 Å². The molecule has 0 aromatic carbocycles. The van der Waals surface area contributed by atoms with Gasteiger partial charge in [-0.1, -0.05) is 0 Å². The lowest BCUT2D eigenvalue weighted by Gasteiger charge is -2.04. The van der Waals surface area contributed by atoms with Gasteiger partial charge in [0, 0.05) is 20.3 Å². The van der Waals surface area contributed by atoms with Gasteiger partial charge in [-0.3, -0.25) is 9.36 Å². The van der Waals surface area contributed by atoms with Crippen LogP contribution in [0.2, 0.25) is 0 Å². The lowest BCUT2D eigenvalue weighted by Crippen LogP contribution is -2.03. The van der Waals surface area contributed by atoms with Gasteiger partial charge in [-0.25, -0.2) is 0 Å². The number of rotatable bonds is 3. The fourth-order valence-corrected chi connectivity index (χ4v) is 1.77. The fourth-order valence-electron chi connectivity index (χ4n) is 1.77. The lowest BCUT2D eigenvalue weighted by molar-refractivity contribution is 0.731. The molecule has 0 bridgehead atoms. The van der Waals surface area contributed by atoms with E-state index >= 15 is 0 Å². The monoisotopic (exact) mass is 219 g/mol. The molecule has 2 aromatic rings. The van der Waals surface area contributed by atoms with E-state index < -0.39 is 0 Å². The van der Waals surface area contributed by atoms with Crippen molar-refractivity contribution in [3.63, 3.8) is 0 Å². The topological polar surface area (TPSA) is 47.7 Å². The van der Waals surface area contributed by atoms with Crippen LogP contribution in [0.3, 0.4) is 0 Å². The van der Waals surface area contributed by atoms with Crippen molar-refractivity contribution in [2.45, 2.75) is 20.4 Å². The van der Waals surface area contributed by atoms with E-state index in [9.17, 15) is 0 Å². The Kier molecular flexibility index (Phi) is 2.68. The zero-order valence-corrected chi connectivity index (χ0v) is 10.2. The van der Waals surface area contributed by atoms with E-state index in [0.29, 0.717) is 0 Å². The highest BCUT2D eigenvalue weighted by molar-refractivity contribution is 5.51. The third kappa shape index (κ3) is 1.93. The molecule has 0 unspecified atom stereocenters. The fraction of sp³-hybridized carbons (Fsp3) is 0.455. The van der Waals surface area contributed by atoms with Gasteiger partial charge in [0.1, 0.15) is 0 Å². The first-order valence-corrected chi connectivity index (χ1v) is 5.30. The minimum Gasteiger partial charge on any atom is -0.376 e. The van der Waals surface area contributed by atoms with Gasteiger partial charge in [-0.2, -0.15) is 10.2 Å². The molecule has 0 radical (unpaired) electrons. The van der Waals surface area contributed by atoms with Crippen LogP contribution in [0.1, 0.15) is 17.1 Å². The van der Waals surface area contributed by atoms with Crippen LogP contribution in [0.25, 0.3) is 0 Å². The van der Waals surface area contributed by atoms with E-state index in [4.69, 9.17) is 0 Å². The second-order valence-electron chi connectivity index (χ2n) is 4.00. The van der Waals surface area contributed by atoms with E-state index in [0.717, 1.165) is 29.3 Å². The van der Waals surface area contributed by atoms with Crippen molar-refractivity contribution in [2.24, 2.45) is 14.1 Å². The predicted molar refractivity (Wildman–Crippen MR) is 63.2 cm³/mol. The first kappa shape index (κ1) is 10.7. The number of aromatic nitrogens is 4. The maximum Gasteiger partial charge on any atom is 0.0827 e. The number of nitrogens with one attached hydrogen (secondary N) is 1. The standard InChI is InChI=1S/C11H17N5/c1-8-11(9(2)16(4)13-8)12-7-10-5-6-15(3)14-10/h5-6,12H,7H2,1-4H3. The highest BCUT2D eigenvalue weighted by atomic mass is 15.3. The predicted octanol–water partition coefficient (Wildman–Crippen LogP) is 1.38. The molecular formula is C11H17N5. The molecule has 0 fully saturated rings. The molecule has 2 aromatic heterocycles. The van der Waals surface area contributed by atoms with Gasteiger partial charge in [0.05, 0.1) is 29.3 Å². The third-order valence-electron chi connectivity index (χ3n) is 2.72. The van der Waals surface area contributed by atoms with Crippen LogP contribution in [0, 0.1) is 13.8 Å². The first-order valence-electron chi connectivity index (χ1n) is 5.30. The van der Waals surface area contributed by atoms with Crippen LogP contribution >= 0.6 is 0 Å². The minimum atomic E-state index is 0.730. The van der Waals surface area contributed by atoms with Crippen molar-refractivity contribution in [1.29, 1.82) is 0 Å². The summed E-state index contributed by atoms with van der Waals surface area (Å²) >= 11 is 0. The molecule has 0 saturated heterocycles. The highest BCUT2D eigenvalue weighted by Crippen LogP contribution is 2.18. The molecule has 5 heteroatoms. The van der Waals surface area contributed by atoms with Crippen molar-refractivity contribution in [1.82, 2.24) is 19.6 Å². The highest BCUT2D eigenvalue weighted by Gasteiger charge is 2.08. The summed E-state index contributed by atoms with van der Waals surface area (Å²) in [5, 5.41) is 12.0. The molecule has 16 heavy (non-hydrogen) atoms. The molecule has 86 valence electrons. The molecule has 0 aliphatic rings. The Hall–Kier alpha value is -1.78. The van der Waals surface area contributed by atoms with Crippen LogP contribution in [-0.2, 0) is 20.6 Å². The van der Waals surface area contributed by atoms with E-state index in [-0.39, 0.29) is 0 Å². The van der Waals surface area contributed by atoms with Crippen molar-refractivity contribution in [3.05, 3.63) is 29.3 Å². The Morgan fingerprint density at radius 2 is 2.00 bits per heavy atom. The largest absolute Gasteiger partial charge is 0.376 e. The Bertz CT molecular complexity index is 494.